The maximum atomic E-state index is 11.7. The van der Waals surface area contributed by atoms with E-state index in [2.05, 4.69) is 10.4 Å². The SMILES string of the molecule is O=C(O)N1CCC(C2=NN3C(=O)C=C(O)NC3S2)CC1. The fourth-order valence-corrected chi connectivity index (χ4v) is 3.67. The van der Waals surface area contributed by atoms with E-state index in [1.165, 1.54) is 21.7 Å². The molecule has 0 radical (unpaired) electrons. The van der Waals surface area contributed by atoms with Gasteiger partial charge in [0, 0.05) is 19.0 Å². The van der Waals surface area contributed by atoms with Crippen molar-refractivity contribution in [3.8, 4) is 0 Å². The lowest BCUT2D eigenvalue weighted by atomic mass is 9.98. The van der Waals surface area contributed by atoms with Crippen molar-refractivity contribution in [2.75, 3.05) is 13.1 Å². The molecule has 0 aromatic heterocycles. The molecule has 0 aliphatic carbocycles. The Bertz CT molecular complexity index is 513. The number of thioether (sulfide) groups is 1. The summed E-state index contributed by atoms with van der Waals surface area (Å²) in [5.74, 6) is -0.337. The molecule has 0 bridgehead atoms. The number of carbonyl (C=O) groups is 2. The van der Waals surface area contributed by atoms with Gasteiger partial charge < -0.3 is 20.4 Å². The van der Waals surface area contributed by atoms with E-state index in [1.54, 1.807) is 0 Å². The van der Waals surface area contributed by atoms with E-state index in [-0.39, 0.29) is 17.7 Å². The zero-order valence-electron chi connectivity index (χ0n) is 10.5. The summed E-state index contributed by atoms with van der Waals surface area (Å²) in [7, 11) is 0. The molecule has 1 atom stereocenters. The average molecular weight is 298 g/mol. The zero-order valence-corrected chi connectivity index (χ0v) is 11.3. The summed E-state index contributed by atoms with van der Waals surface area (Å²) in [5, 5.41) is 27.5. The number of rotatable bonds is 1. The Kier molecular flexibility index (Phi) is 3.20. The number of nitrogens with one attached hydrogen (secondary N) is 1. The number of nitrogens with zero attached hydrogens (tertiary/aromatic N) is 3. The smallest absolute Gasteiger partial charge is 0.407 e. The predicted octanol–water partition coefficient (Wildman–Crippen LogP) is 0.552. The fraction of sp³-hybridized carbons (Fsp3) is 0.545. The van der Waals surface area contributed by atoms with Gasteiger partial charge >= 0.3 is 6.09 Å². The molecule has 1 saturated heterocycles. The van der Waals surface area contributed by atoms with E-state index < -0.39 is 11.6 Å². The van der Waals surface area contributed by atoms with E-state index in [9.17, 15) is 14.7 Å². The second kappa shape index (κ2) is 4.89. The van der Waals surface area contributed by atoms with Gasteiger partial charge in [0.05, 0.1) is 6.08 Å². The van der Waals surface area contributed by atoms with Gasteiger partial charge in [0.1, 0.15) is 5.04 Å². The Labute approximate surface area is 119 Å². The summed E-state index contributed by atoms with van der Waals surface area (Å²) in [6.45, 7) is 0.963. The summed E-state index contributed by atoms with van der Waals surface area (Å²) in [5.41, 5.74) is -0.403. The summed E-state index contributed by atoms with van der Waals surface area (Å²) in [4.78, 5) is 23.9. The minimum atomic E-state index is -0.896. The van der Waals surface area contributed by atoms with Gasteiger partial charge in [0.2, 0.25) is 0 Å². The Morgan fingerprint density at radius 3 is 2.80 bits per heavy atom. The van der Waals surface area contributed by atoms with Crippen molar-refractivity contribution in [3.05, 3.63) is 12.0 Å². The maximum Gasteiger partial charge on any atom is 0.407 e. The lowest BCUT2D eigenvalue weighted by Crippen LogP contribution is -2.44. The molecule has 3 aliphatic heterocycles. The van der Waals surface area contributed by atoms with Crippen LogP contribution in [-0.2, 0) is 4.79 Å². The average Bonchev–Trinajstić information content (AvgIpc) is 2.83. The minimum absolute atomic E-state index is 0.152. The maximum absolute atomic E-state index is 11.7. The molecule has 0 aromatic rings. The Hall–Kier alpha value is -1.90. The van der Waals surface area contributed by atoms with Gasteiger partial charge in [-0.05, 0) is 12.8 Å². The number of amides is 2. The van der Waals surface area contributed by atoms with Crippen LogP contribution < -0.4 is 5.32 Å². The van der Waals surface area contributed by atoms with Crippen LogP contribution >= 0.6 is 11.8 Å². The van der Waals surface area contributed by atoms with Gasteiger partial charge in [-0.25, -0.2) is 4.79 Å². The largest absolute Gasteiger partial charge is 0.495 e. The molecule has 9 heteroatoms. The molecule has 8 nitrogen and oxygen atoms in total. The number of carboxylic acid groups (broad SMARTS) is 1. The van der Waals surface area contributed by atoms with Crippen molar-refractivity contribution < 1.29 is 19.8 Å². The molecule has 1 fully saturated rings. The van der Waals surface area contributed by atoms with E-state index in [1.807, 2.05) is 0 Å². The van der Waals surface area contributed by atoms with Crippen molar-refractivity contribution in [2.45, 2.75) is 18.3 Å². The van der Waals surface area contributed by atoms with Crippen molar-refractivity contribution in [3.63, 3.8) is 0 Å². The number of carbonyl (C=O) groups excluding carboxylic acids is 1. The minimum Gasteiger partial charge on any atom is -0.495 e. The van der Waals surface area contributed by atoms with Crippen molar-refractivity contribution in [2.24, 2.45) is 11.0 Å². The highest BCUT2D eigenvalue weighted by Gasteiger charge is 2.38. The highest BCUT2D eigenvalue weighted by atomic mass is 32.2. The topological polar surface area (TPSA) is 105 Å². The van der Waals surface area contributed by atoms with Crippen LogP contribution in [0.3, 0.4) is 0 Å². The second-order valence-electron chi connectivity index (χ2n) is 4.81. The Morgan fingerprint density at radius 1 is 1.45 bits per heavy atom. The zero-order chi connectivity index (χ0) is 14.3. The van der Waals surface area contributed by atoms with Crippen molar-refractivity contribution in [1.29, 1.82) is 0 Å². The van der Waals surface area contributed by atoms with Crippen LogP contribution in [0.15, 0.2) is 17.1 Å². The standard InChI is InChI=1S/C11H14N4O4S/c16-7-5-8(17)15-10(12-7)20-9(13-15)6-1-3-14(4-2-6)11(18)19/h5-6,10,12,16H,1-4H2,(H,18,19). The number of hydrogen-bond donors (Lipinski definition) is 3. The first kappa shape index (κ1) is 13.1. The molecule has 3 aliphatic rings. The first-order valence-electron chi connectivity index (χ1n) is 6.28. The molecule has 0 spiro atoms. The first-order valence-corrected chi connectivity index (χ1v) is 7.16. The fourth-order valence-electron chi connectivity index (χ4n) is 2.45. The molecule has 20 heavy (non-hydrogen) atoms. The van der Waals surface area contributed by atoms with Crippen LogP contribution in [0, 0.1) is 5.92 Å². The molecule has 3 heterocycles. The van der Waals surface area contributed by atoms with Crippen LogP contribution in [0.25, 0.3) is 0 Å². The summed E-state index contributed by atoms with van der Waals surface area (Å²) < 4.78 is 0. The van der Waals surface area contributed by atoms with Crippen LogP contribution in [0.5, 0.6) is 0 Å². The number of hydrogen-bond acceptors (Lipinski definition) is 6. The Balaban J connectivity index is 1.65. The lowest BCUT2D eigenvalue weighted by molar-refractivity contribution is -0.128. The number of piperidine rings is 1. The van der Waals surface area contributed by atoms with Crippen LogP contribution in [0.4, 0.5) is 4.79 Å². The molecular formula is C11H14N4O4S. The summed E-state index contributed by atoms with van der Waals surface area (Å²) >= 11 is 1.40. The predicted molar refractivity (Wildman–Crippen MR) is 71.8 cm³/mol. The quantitative estimate of drug-likeness (QED) is 0.653. The third-order valence-electron chi connectivity index (χ3n) is 3.53. The van der Waals surface area contributed by atoms with Gasteiger partial charge in [-0.15, -0.1) is 0 Å². The number of hydrazone groups is 1. The van der Waals surface area contributed by atoms with Gasteiger partial charge in [-0.2, -0.15) is 10.1 Å². The number of fused-ring (bicyclic) bond motifs is 1. The molecular weight excluding hydrogens is 284 g/mol. The molecule has 0 saturated carbocycles. The Morgan fingerprint density at radius 2 is 2.15 bits per heavy atom. The van der Waals surface area contributed by atoms with Crippen LogP contribution in [0.2, 0.25) is 0 Å². The highest BCUT2D eigenvalue weighted by molar-refractivity contribution is 8.14. The molecule has 1 unspecified atom stereocenters. The van der Waals surface area contributed by atoms with Gasteiger partial charge in [0.25, 0.3) is 5.91 Å². The van der Waals surface area contributed by atoms with E-state index in [0.29, 0.717) is 25.9 Å². The van der Waals surface area contributed by atoms with E-state index in [0.717, 1.165) is 11.1 Å². The van der Waals surface area contributed by atoms with Crippen molar-refractivity contribution in [1.82, 2.24) is 15.2 Å². The lowest BCUT2D eigenvalue weighted by Gasteiger charge is -2.29. The molecule has 108 valence electrons. The van der Waals surface area contributed by atoms with Gasteiger partial charge in [0.15, 0.2) is 11.4 Å². The molecule has 3 N–H and O–H groups in total. The first-order chi connectivity index (χ1) is 9.54. The number of aliphatic hydroxyl groups excluding tert-OH is 1. The van der Waals surface area contributed by atoms with Crippen LogP contribution in [0.1, 0.15) is 12.8 Å². The summed E-state index contributed by atoms with van der Waals surface area (Å²) in [6, 6.07) is 0. The highest BCUT2D eigenvalue weighted by Crippen LogP contribution is 2.34. The number of likely N-dealkylation sites (tertiary alicyclic amines) is 1. The monoisotopic (exact) mass is 298 g/mol. The molecule has 2 amide bonds. The van der Waals surface area contributed by atoms with E-state index in [4.69, 9.17) is 5.11 Å². The van der Waals surface area contributed by atoms with Gasteiger partial charge in [-0.3, -0.25) is 4.79 Å². The summed E-state index contributed by atoms with van der Waals surface area (Å²) in [6.07, 6.45) is 1.60. The van der Waals surface area contributed by atoms with Crippen molar-refractivity contribution >= 4 is 28.8 Å². The third kappa shape index (κ3) is 2.28. The van der Waals surface area contributed by atoms with Crippen LogP contribution in [-0.4, -0.2) is 55.8 Å². The number of aliphatic hydroxyl groups is 1. The molecule has 0 aromatic carbocycles. The van der Waals surface area contributed by atoms with Gasteiger partial charge in [-0.1, -0.05) is 11.8 Å². The normalized spacial score (nSPS) is 26.8. The second-order valence-corrected chi connectivity index (χ2v) is 5.91. The van der Waals surface area contributed by atoms with E-state index >= 15 is 0 Å². The third-order valence-corrected chi connectivity index (χ3v) is 4.73. The molecule has 3 rings (SSSR count).